The molecule has 7 nitrogen and oxygen atoms in total. The van der Waals surface area contributed by atoms with Gasteiger partial charge in [0.2, 0.25) is 4.77 Å². The molecule has 98 valence electrons. The zero-order valence-electron chi connectivity index (χ0n) is 9.90. The molecule has 8 heteroatoms. The van der Waals surface area contributed by atoms with Gasteiger partial charge in [0.05, 0.1) is 13.3 Å². The minimum Gasteiger partial charge on any atom is -0.504 e. The first-order valence-electron chi connectivity index (χ1n) is 5.20. The van der Waals surface area contributed by atoms with Crippen LogP contribution >= 0.6 is 12.2 Å². The van der Waals surface area contributed by atoms with E-state index in [4.69, 9.17) is 17.0 Å². The number of hydrogen-bond acceptors (Lipinski definition) is 6. The number of hydrogen-bond donors (Lipinski definition) is 2. The highest BCUT2D eigenvalue weighted by Crippen LogP contribution is 2.27. The number of rotatable bonds is 3. The van der Waals surface area contributed by atoms with Crippen LogP contribution in [0.4, 0.5) is 0 Å². The number of H-pyrrole nitrogens is 1. The van der Waals surface area contributed by atoms with Gasteiger partial charge in [0, 0.05) is 5.56 Å². The van der Waals surface area contributed by atoms with Gasteiger partial charge in [-0.2, -0.15) is 14.9 Å². The maximum Gasteiger partial charge on any atom is 0.293 e. The second-order valence-electron chi connectivity index (χ2n) is 3.47. The van der Waals surface area contributed by atoms with Crippen molar-refractivity contribution in [2.75, 3.05) is 7.11 Å². The molecule has 0 atom stereocenters. The van der Waals surface area contributed by atoms with Gasteiger partial charge in [-0.05, 0) is 24.4 Å². The van der Waals surface area contributed by atoms with Gasteiger partial charge >= 0.3 is 0 Å². The van der Waals surface area contributed by atoms with Crippen molar-refractivity contribution in [3.63, 3.8) is 0 Å². The van der Waals surface area contributed by atoms with Gasteiger partial charge in [-0.3, -0.25) is 9.89 Å². The third-order valence-corrected chi connectivity index (χ3v) is 2.56. The molecule has 0 saturated carbocycles. The van der Waals surface area contributed by atoms with Crippen molar-refractivity contribution < 1.29 is 9.84 Å². The van der Waals surface area contributed by atoms with Crippen molar-refractivity contribution in [3.8, 4) is 11.5 Å². The number of aromatic nitrogens is 3. The lowest BCUT2D eigenvalue weighted by molar-refractivity contribution is 0.373. The van der Waals surface area contributed by atoms with Crippen LogP contribution in [0.3, 0.4) is 0 Å². The van der Waals surface area contributed by atoms with Crippen LogP contribution in [0.15, 0.2) is 34.3 Å². The zero-order chi connectivity index (χ0) is 13.8. The van der Waals surface area contributed by atoms with Crippen LogP contribution in [0, 0.1) is 4.77 Å². The highest BCUT2D eigenvalue weighted by Gasteiger charge is 2.05. The number of benzene rings is 1. The van der Waals surface area contributed by atoms with Crippen LogP contribution in [0.2, 0.25) is 0 Å². The lowest BCUT2D eigenvalue weighted by Gasteiger charge is -2.04. The third kappa shape index (κ3) is 2.68. The Morgan fingerprint density at radius 1 is 1.58 bits per heavy atom. The van der Waals surface area contributed by atoms with E-state index >= 15 is 0 Å². The van der Waals surface area contributed by atoms with Crippen LogP contribution in [0.25, 0.3) is 0 Å². The van der Waals surface area contributed by atoms with Crippen molar-refractivity contribution in [2.24, 2.45) is 5.10 Å². The summed E-state index contributed by atoms with van der Waals surface area (Å²) in [4.78, 5) is 11.5. The Kier molecular flexibility index (Phi) is 3.71. The third-order valence-electron chi connectivity index (χ3n) is 2.30. The summed E-state index contributed by atoms with van der Waals surface area (Å²) in [6, 6.07) is 4.92. The molecule has 0 fully saturated rings. The van der Waals surface area contributed by atoms with E-state index in [1.165, 1.54) is 13.3 Å². The highest BCUT2D eigenvalue weighted by molar-refractivity contribution is 7.71. The zero-order valence-corrected chi connectivity index (χ0v) is 10.7. The Morgan fingerprint density at radius 3 is 3.05 bits per heavy atom. The number of nitrogens with zero attached hydrogens (tertiary/aromatic N) is 3. The Hall–Kier alpha value is -2.48. The van der Waals surface area contributed by atoms with Gasteiger partial charge in [-0.15, -0.1) is 0 Å². The van der Waals surface area contributed by atoms with Gasteiger partial charge < -0.3 is 9.84 Å². The maximum atomic E-state index is 11.5. The molecule has 2 N–H and O–H groups in total. The van der Waals surface area contributed by atoms with E-state index in [1.54, 1.807) is 18.2 Å². The SMILES string of the molecule is COc1cccc(/C=N/n2c(=O)cn[nH]c2=S)c1O. The van der Waals surface area contributed by atoms with E-state index in [9.17, 15) is 9.90 Å². The summed E-state index contributed by atoms with van der Waals surface area (Å²) in [6.07, 6.45) is 2.36. The lowest BCUT2D eigenvalue weighted by Crippen LogP contribution is -2.18. The molecule has 1 heterocycles. The molecule has 2 aromatic rings. The Labute approximate surface area is 112 Å². The molecule has 1 aromatic heterocycles. The van der Waals surface area contributed by atoms with Gasteiger partial charge in [0.15, 0.2) is 11.5 Å². The molecule has 1 aromatic carbocycles. The van der Waals surface area contributed by atoms with Crippen molar-refractivity contribution in [3.05, 3.63) is 45.1 Å². The molecule has 0 amide bonds. The van der Waals surface area contributed by atoms with E-state index in [0.717, 1.165) is 10.9 Å². The van der Waals surface area contributed by atoms with E-state index < -0.39 is 5.56 Å². The molecule has 0 aliphatic heterocycles. The van der Waals surface area contributed by atoms with Gasteiger partial charge in [-0.1, -0.05) is 6.07 Å². The number of ether oxygens (including phenoxy) is 1. The molecule has 0 radical (unpaired) electrons. The number of methoxy groups -OCH3 is 1. The first kappa shape index (κ1) is 13.0. The van der Waals surface area contributed by atoms with Crippen LogP contribution in [0.1, 0.15) is 5.56 Å². The summed E-state index contributed by atoms with van der Waals surface area (Å²) in [5.74, 6) is 0.252. The minimum absolute atomic E-state index is 0.0612. The second kappa shape index (κ2) is 5.44. The number of phenolic OH excluding ortho intramolecular Hbond substituents is 1. The summed E-state index contributed by atoms with van der Waals surface area (Å²) in [5, 5.41) is 19.7. The number of para-hydroxylation sites is 1. The lowest BCUT2D eigenvalue weighted by atomic mass is 10.2. The fraction of sp³-hybridized carbons (Fsp3) is 0.0909. The van der Waals surface area contributed by atoms with Gasteiger partial charge in [0.25, 0.3) is 5.56 Å². The van der Waals surface area contributed by atoms with Crippen LogP contribution in [0.5, 0.6) is 11.5 Å². The van der Waals surface area contributed by atoms with E-state index in [-0.39, 0.29) is 10.5 Å². The summed E-state index contributed by atoms with van der Waals surface area (Å²) in [7, 11) is 1.44. The summed E-state index contributed by atoms with van der Waals surface area (Å²) in [6.45, 7) is 0. The van der Waals surface area contributed by atoms with Crippen LogP contribution < -0.4 is 10.3 Å². The van der Waals surface area contributed by atoms with Crippen LogP contribution in [-0.2, 0) is 0 Å². The van der Waals surface area contributed by atoms with E-state index in [0.29, 0.717) is 11.3 Å². The molecule has 0 aliphatic carbocycles. The first-order chi connectivity index (χ1) is 9.13. The highest BCUT2D eigenvalue weighted by atomic mass is 32.1. The summed E-state index contributed by atoms with van der Waals surface area (Å²) >= 11 is 4.88. The Morgan fingerprint density at radius 2 is 2.37 bits per heavy atom. The van der Waals surface area contributed by atoms with Crippen molar-refractivity contribution >= 4 is 18.4 Å². The normalized spacial score (nSPS) is 10.8. The van der Waals surface area contributed by atoms with Crippen molar-refractivity contribution in [2.45, 2.75) is 0 Å². The molecular formula is C11H10N4O3S. The topological polar surface area (TPSA) is 92.5 Å². The molecular weight excluding hydrogens is 268 g/mol. The predicted molar refractivity (Wildman–Crippen MR) is 71.3 cm³/mol. The van der Waals surface area contributed by atoms with Crippen molar-refractivity contribution in [1.82, 2.24) is 14.9 Å². The predicted octanol–water partition coefficient (Wildman–Crippen LogP) is 0.897. The molecule has 0 bridgehead atoms. The largest absolute Gasteiger partial charge is 0.504 e. The minimum atomic E-state index is -0.470. The molecule has 0 spiro atoms. The Bertz CT molecular complexity index is 707. The van der Waals surface area contributed by atoms with Gasteiger partial charge in [0.1, 0.15) is 6.20 Å². The standard InChI is InChI=1S/C11H10N4O3S/c1-18-8-4-2-3-7(10(8)17)5-13-15-9(16)6-12-14-11(15)19/h2-6,17H,1H3,(H,14,19)/b13-5+. The fourth-order valence-electron chi connectivity index (χ4n) is 1.38. The summed E-state index contributed by atoms with van der Waals surface area (Å²) < 4.78 is 5.99. The second-order valence-corrected chi connectivity index (χ2v) is 3.85. The number of nitrogens with one attached hydrogen (secondary N) is 1. The average Bonchev–Trinajstić information content (AvgIpc) is 2.40. The molecule has 19 heavy (non-hydrogen) atoms. The summed E-state index contributed by atoms with van der Waals surface area (Å²) in [5.41, 5.74) is -0.0696. The number of phenols is 1. The molecule has 2 rings (SSSR count). The first-order valence-corrected chi connectivity index (χ1v) is 5.61. The van der Waals surface area contributed by atoms with E-state index in [1.807, 2.05) is 0 Å². The van der Waals surface area contributed by atoms with E-state index in [2.05, 4.69) is 15.3 Å². The molecule has 0 unspecified atom stereocenters. The van der Waals surface area contributed by atoms with Gasteiger partial charge in [-0.25, -0.2) is 0 Å². The number of aromatic amines is 1. The average molecular weight is 278 g/mol. The Balaban J connectivity index is 2.44. The monoisotopic (exact) mass is 278 g/mol. The van der Waals surface area contributed by atoms with Crippen molar-refractivity contribution in [1.29, 1.82) is 0 Å². The quantitative estimate of drug-likeness (QED) is 0.642. The smallest absolute Gasteiger partial charge is 0.293 e. The van der Waals surface area contributed by atoms with Crippen LogP contribution in [-0.4, -0.2) is 33.3 Å². The fourth-order valence-corrected chi connectivity index (χ4v) is 1.57. The molecule has 0 aliphatic rings. The maximum absolute atomic E-state index is 11.5. The number of aromatic hydroxyl groups is 1. The molecule has 0 saturated heterocycles.